The monoisotopic (exact) mass is 259 g/mol. The fourth-order valence-corrected chi connectivity index (χ4v) is 1.68. The van der Waals surface area contributed by atoms with Crippen LogP contribution in [0.2, 0.25) is 5.02 Å². The van der Waals surface area contributed by atoms with E-state index in [2.05, 4.69) is 5.32 Å². The average Bonchev–Trinajstić information content (AvgIpc) is 2.23. The summed E-state index contributed by atoms with van der Waals surface area (Å²) in [6.45, 7) is 3.81. The van der Waals surface area contributed by atoms with Crippen molar-refractivity contribution in [1.29, 1.82) is 0 Å². The Morgan fingerprint density at radius 1 is 1.53 bits per heavy atom. The highest BCUT2D eigenvalue weighted by Gasteiger charge is 2.22. The maximum Gasteiger partial charge on any atom is 0.325 e. The molecule has 2 atom stereocenters. The molecule has 0 bridgehead atoms. The minimum absolute atomic E-state index is 0.0261. The van der Waals surface area contributed by atoms with Gasteiger partial charge in [0.15, 0.2) is 0 Å². The third kappa shape index (κ3) is 3.98. The van der Waals surface area contributed by atoms with Crippen molar-refractivity contribution in [3.8, 4) is 0 Å². The van der Waals surface area contributed by atoms with E-state index in [0.29, 0.717) is 5.56 Å². The molecule has 0 saturated carbocycles. The lowest BCUT2D eigenvalue weighted by Crippen LogP contribution is -2.35. The van der Waals surface area contributed by atoms with Crippen molar-refractivity contribution in [2.45, 2.75) is 32.4 Å². The van der Waals surface area contributed by atoms with Crippen LogP contribution in [-0.2, 0) is 4.79 Å². The minimum atomic E-state index is -1.05. The lowest BCUT2D eigenvalue weighted by Gasteiger charge is -2.19. The number of carboxylic acids is 1. The standard InChI is InChI=1S/C12H15ClFNO2/c1-3-7(2)15-11(12(16)17)8-4-9(13)6-10(14)5-8/h4-7,11,15H,3H2,1-2H3,(H,16,17). The molecular formula is C12H15ClFNO2. The highest BCUT2D eigenvalue weighted by Crippen LogP contribution is 2.21. The summed E-state index contributed by atoms with van der Waals surface area (Å²) >= 11 is 5.71. The molecule has 2 unspecified atom stereocenters. The summed E-state index contributed by atoms with van der Waals surface area (Å²) in [5.41, 5.74) is 0.322. The fourth-order valence-electron chi connectivity index (χ4n) is 1.45. The summed E-state index contributed by atoms with van der Waals surface area (Å²) in [6.07, 6.45) is 0.785. The number of hydrogen-bond donors (Lipinski definition) is 2. The number of hydrogen-bond acceptors (Lipinski definition) is 2. The lowest BCUT2D eigenvalue weighted by atomic mass is 10.1. The van der Waals surface area contributed by atoms with E-state index in [-0.39, 0.29) is 11.1 Å². The van der Waals surface area contributed by atoms with Gasteiger partial charge in [-0.3, -0.25) is 10.1 Å². The van der Waals surface area contributed by atoms with Crippen molar-refractivity contribution in [3.63, 3.8) is 0 Å². The van der Waals surface area contributed by atoms with Crippen LogP contribution in [0.15, 0.2) is 18.2 Å². The van der Waals surface area contributed by atoms with Crippen LogP contribution in [0.25, 0.3) is 0 Å². The summed E-state index contributed by atoms with van der Waals surface area (Å²) in [5.74, 6) is -1.59. The second kappa shape index (κ2) is 5.98. The average molecular weight is 260 g/mol. The zero-order valence-electron chi connectivity index (χ0n) is 9.71. The molecule has 5 heteroatoms. The number of rotatable bonds is 5. The summed E-state index contributed by atoms with van der Waals surface area (Å²) in [5, 5.41) is 12.2. The molecule has 0 aromatic heterocycles. The van der Waals surface area contributed by atoms with Crippen molar-refractivity contribution in [3.05, 3.63) is 34.6 Å². The number of benzene rings is 1. The second-order valence-corrected chi connectivity index (χ2v) is 4.39. The van der Waals surface area contributed by atoms with Crippen LogP contribution in [0.4, 0.5) is 4.39 Å². The van der Waals surface area contributed by atoms with Crippen LogP contribution in [-0.4, -0.2) is 17.1 Å². The third-order valence-corrected chi connectivity index (χ3v) is 2.75. The molecule has 1 aromatic rings. The topological polar surface area (TPSA) is 49.3 Å². The number of aliphatic carboxylic acids is 1. The third-order valence-electron chi connectivity index (χ3n) is 2.53. The van der Waals surface area contributed by atoms with Crippen LogP contribution in [0, 0.1) is 5.82 Å². The lowest BCUT2D eigenvalue weighted by molar-refractivity contribution is -0.139. The van der Waals surface area contributed by atoms with Gasteiger partial charge in [-0.05, 0) is 37.1 Å². The van der Waals surface area contributed by atoms with Crippen molar-refractivity contribution < 1.29 is 14.3 Å². The molecule has 0 aliphatic rings. The zero-order valence-corrected chi connectivity index (χ0v) is 10.5. The minimum Gasteiger partial charge on any atom is -0.480 e. The van der Waals surface area contributed by atoms with Gasteiger partial charge in [-0.2, -0.15) is 0 Å². The summed E-state index contributed by atoms with van der Waals surface area (Å²) in [4.78, 5) is 11.1. The quantitative estimate of drug-likeness (QED) is 0.855. The Labute approximate surface area is 105 Å². The second-order valence-electron chi connectivity index (χ2n) is 3.95. The van der Waals surface area contributed by atoms with E-state index >= 15 is 0 Å². The van der Waals surface area contributed by atoms with E-state index < -0.39 is 17.8 Å². The van der Waals surface area contributed by atoms with Gasteiger partial charge in [-0.25, -0.2) is 4.39 Å². The first-order valence-corrected chi connectivity index (χ1v) is 5.76. The van der Waals surface area contributed by atoms with Crippen LogP contribution < -0.4 is 5.32 Å². The van der Waals surface area contributed by atoms with E-state index in [4.69, 9.17) is 16.7 Å². The summed E-state index contributed by atoms with van der Waals surface area (Å²) in [6, 6.07) is 2.86. The van der Waals surface area contributed by atoms with Gasteiger partial charge in [0.2, 0.25) is 0 Å². The van der Waals surface area contributed by atoms with Crippen LogP contribution in [0.1, 0.15) is 31.9 Å². The van der Waals surface area contributed by atoms with Crippen molar-refractivity contribution >= 4 is 17.6 Å². The molecule has 94 valence electrons. The number of carboxylic acid groups (broad SMARTS) is 1. The van der Waals surface area contributed by atoms with E-state index in [0.717, 1.165) is 12.5 Å². The molecule has 0 amide bonds. The molecule has 0 aliphatic heterocycles. The van der Waals surface area contributed by atoms with Gasteiger partial charge in [-0.1, -0.05) is 18.5 Å². The molecule has 0 radical (unpaired) electrons. The first kappa shape index (κ1) is 13.9. The Morgan fingerprint density at radius 2 is 2.18 bits per heavy atom. The molecule has 0 saturated heterocycles. The summed E-state index contributed by atoms with van der Waals surface area (Å²) < 4.78 is 13.2. The first-order valence-electron chi connectivity index (χ1n) is 5.39. The summed E-state index contributed by atoms with van der Waals surface area (Å²) in [7, 11) is 0. The Bertz CT molecular complexity index is 391. The van der Waals surface area contributed by atoms with Crippen molar-refractivity contribution in [1.82, 2.24) is 5.32 Å². The molecule has 2 N–H and O–H groups in total. The molecular weight excluding hydrogens is 245 g/mol. The van der Waals surface area contributed by atoms with E-state index in [1.165, 1.54) is 12.1 Å². The highest BCUT2D eigenvalue weighted by molar-refractivity contribution is 6.30. The van der Waals surface area contributed by atoms with Crippen LogP contribution >= 0.6 is 11.6 Å². The zero-order chi connectivity index (χ0) is 13.0. The fraction of sp³-hybridized carbons (Fsp3) is 0.417. The van der Waals surface area contributed by atoms with Gasteiger partial charge in [-0.15, -0.1) is 0 Å². The normalized spacial score (nSPS) is 14.4. The van der Waals surface area contributed by atoms with Crippen molar-refractivity contribution in [2.24, 2.45) is 0 Å². The molecule has 17 heavy (non-hydrogen) atoms. The van der Waals surface area contributed by atoms with Gasteiger partial charge in [0.25, 0.3) is 0 Å². The van der Waals surface area contributed by atoms with Gasteiger partial charge >= 0.3 is 5.97 Å². The Morgan fingerprint density at radius 3 is 2.65 bits per heavy atom. The molecule has 1 rings (SSSR count). The van der Waals surface area contributed by atoms with E-state index in [9.17, 15) is 9.18 Å². The van der Waals surface area contributed by atoms with E-state index in [1.807, 2.05) is 13.8 Å². The predicted octanol–water partition coefficient (Wildman–Crippen LogP) is 2.99. The number of carbonyl (C=O) groups is 1. The molecule has 0 aliphatic carbocycles. The van der Waals surface area contributed by atoms with Gasteiger partial charge < -0.3 is 5.11 Å². The molecule has 3 nitrogen and oxygen atoms in total. The largest absolute Gasteiger partial charge is 0.480 e. The molecule has 1 aromatic carbocycles. The molecule has 0 spiro atoms. The Balaban J connectivity index is 3.01. The highest BCUT2D eigenvalue weighted by atomic mass is 35.5. The molecule has 0 heterocycles. The van der Waals surface area contributed by atoms with E-state index in [1.54, 1.807) is 0 Å². The molecule has 0 fully saturated rings. The van der Waals surface area contributed by atoms with Gasteiger partial charge in [0.05, 0.1) is 0 Å². The predicted molar refractivity (Wildman–Crippen MR) is 64.7 cm³/mol. The van der Waals surface area contributed by atoms with Crippen molar-refractivity contribution in [2.75, 3.05) is 0 Å². The van der Waals surface area contributed by atoms with Gasteiger partial charge in [0.1, 0.15) is 11.9 Å². The Hall–Kier alpha value is -1.13. The maximum atomic E-state index is 13.2. The number of nitrogens with one attached hydrogen (secondary N) is 1. The number of halogens is 2. The Kier molecular flexibility index (Phi) is 4.90. The van der Waals surface area contributed by atoms with Gasteiger partial charge in [0, 0.05) is 11.1 Å². The first-order chi connectivity index (χ1) is 7.93. The van der Waals surface area contributed by atoms with Crippen LogP contribution in [0.5, 0.6) is 0 Å². The van der Waals surface area contributed by atoms with Crippen LogP contribution in [0.3, 0.4) is 0 Å². The SMILES string of the molecule is CCC(C)NC(C(=O)O)c1cc(F)cc(Cl)c1. The smallest absolute Gasteiger partial charge is 0.325 e. The maximum absolute atomic E-state index is 13.2.